The lowest BCUT2D eigenvalue weighted by molar-refractivity contribution is -0.139. The van der Waals surface area contributed by atoms with Gasteiger partial charge in [0.05, 0.1) is 17.2 Å². The molecule has 3 rings (SSSR count). The Morgan fingerprint density at radius 1 is 0.875 bits per heavy atom. The molecule has 0 saturated carbocycles. The van der Waals surface area contributed by atoms with Gasteiger partial charge in [0.15, 0.2) is 0 Å². The molecule has 0 spiro atoms. The molecule has 0 fully saturated rings. The standard InChI is InChI=1S/C31H39N3O5S/c1-5-24(3)32-31(36)25(4)33(22-21-26-13-9-7-10-14-26)30(35)23-34(27-17-19-28(20-18-27)39-6-2)40(37,38)29-15-11-8-12-16-29/h7-20,24-25H,5-6,21-23H2,1-4H3,(H,32,36)/t24-,25+/m0/s1. The SMILES string of the molecule is CCOc1ccc(N(CC(=O)N(CCc2ccccc2)[C@H](C)C(=O)N[C@@H](C)CC)S(=O)(=O)c2ccccc2)cc1. The zero-order chi connectivity index (χ0) is 29.1. The highest BCUT2D eigenvalue weighted by atomic mass is 32.2. The summed E-state index contributed by atoms with van der Waals surface area (Å²) in [5, 5.41) is 2.94. The number of nitrogens with one attached hydrogen (secondary N) is 1. The number of ether oxygens (including phenoxy) is 1. The molecular weight excluding hydrogens is 526 g/mol. The van der Waals surface area contributed by atoms with E-state index in [1.807, 2.05) is 51.1 Å². The molecular formula is C31H39N3O5S. The fourth-order valence-corrected chi connectivity index (χ4v) is 5.59. The maximum Gasteiger partial charge on any atom is 0.264 e. The molecule has 1 N–H and O–H groups in total. The molecule has 0 aromatic heterocycles. The van der Waals surface area contributed by atoms with E-state index in [4.69, 9.17) is 4.74 Å². The number of benzene rings is 3. The summed E-state index contributed by atoms with van der Waals surface area (Å²) in [4.78, 5) is 28.5. The van der Waals surface area contributed by atoms with Gasteiger partial charge in [-0.25, -0.2) is 8.42 Å². The number of carbonyl (C=O) groups is 2. The summed E-state index contributed by atoms with van der Waals surface area (Å²) in [5.41, 5.74) is 1.33. The summed E-state index contributed by atoms with van der Waals surface area (Å²) in [5.74, 6) is -0.167. The van der Waals surface area contributed by atoms with Crippen molar-refractivity contribution in [1.82, 2.24) is 10.2 Å². The van der Waals surface area contributed by atoms with Crippen LogP contribution >= 0.6 is 0 Å². The number of anilines is 1. The van der Waals surface area contributed by atoms with Crippen molar-refractivity contribution in [2.75, 3.05) is 24.0 Å². The summed E-state index contributed by atoms with van der Waals surface area (Å²) in [6.45, 7) is 7.66. The van der Waals surface area contributed by atoms with E-state index in [0.29, 0.717) is 24.5 Å². The summed E-state index contributed by atoms with van der Waals surface area (Å²) in [6.07, 6.45) is 1.26. The molecule has 9 heteroatoms. The zero-order valence-electron chi connectivity index (χ0n) is 23.6. The number of rotatable bonds is 14. The molecule has 0 aliphatic heterocycles. The molecule has 214 valence electrons. The van der Waals surface area contributed by atoms with Crippen molar-refractivity contribution in [2.45, 2.75) is 57.5 Å². The average molecular weight is 566 g/mol. The quantitative estimate of drug-likeness (QED) is 0.307. The molecule has 0 radical (unpaired) electrons. The van der Waals surface area contributed by atoms with Crippen LogP contribution < -0.4 is 14.4 Å². The van der Waals surface area contributed by atoms with Gasteiger partial charge in [0.2, 0.25) is 11.8 Å². The number of sulfonamides is 1. The van der Waals surface area contributed by atoms with Gasteiger partial charge >= 0.3 is 0 Å². The van der Waals surface area contributed by atoms with E-state index in [2.05, 4.69) is 5.32 Å². The Balaban J connectivity index is 1.96. The van der Waals surface area contributed by atoms with Crippen LogP contribution in [0, 0.1) is 0 Å². The largest absolute Gasteiger partial charge is 0.494 e. The lowest BCUT2D eigenvalue weighted by atomic mass is 10.1. The molecule has 0 bridgehead atoms. The van der Waals surface area contributed by atoms with Crippen molar-refractivity contribution in [3.05, 3.63) is 90.5 Å². The van der Waals surface area contributed by atoms with Crippen molar-refractivity contribution >= 4 is 27.5 Å². The van der Waals surface area contributed by atoms with Crippen LogP contribution in [0.1, 0.15) is 39.7 Å². The molecule has 3 aromatic rings. The van der Waals surface area contributed by atoms with Gasteiger partial charge in [-0.15, -0.1) is 0 Å². The average Bonchev–Trinajstić information content (AvgIpc) is 2.97. The summed E-state index contributed by atoms with van der Waals surface area (Å²) < 4.78 is 34.2. The lowest BCUT2D eigenvalue weighted by Gasteiger charge is -2.32. The molecule has 3 aromatic carbocycles. The zero-order valence-corrected chi connectivity index (χ0v) is 24.4. The van der Waals surface area contributed by atoms with Crippen molar-refractivity contribution < 1.29 is 22.7 Å². The van der Waals surface area contributed by atoms with Crippen molar-refractivity contribution in [2.24, 2.45) is 0 Å². The molecule has 0 heterocycles. The van der Waals surface area contributed by atoms with Gasteiger partial charge < -0.3 is 15.0 Å². The van der Waals surface area contributed by atoms with E-state index in [9.17, 15) is 18.0 Å². The van der Waals surface area contributed by atoms with Gasteiger partial charge in [0, 0.05) is 12.6 Å². The Morgan fingerprint density at radius 2 is 1.48 bits per heavy atom. The number of amides is 2. The van der Waals surface area contributed by atoms with Crippen molar-refractivity contribution in [3.8, 4) is 5.75 Å². The fraction of sp³-hybridized carbons (Fsp3) is 0.355. The van der Waals surface area contributed by atoms with Crippen LogP contribution in [0.3, 0.4) is 0 Å². The van der Waals surface area contributed by atoms with Gasteiger partial charge in [0.1, 0.15) is 18.3 Å². The van der Waals surface area contributed by atoms with E-state index in [-0.39, 0.29) is 23.4 Å². The summed E-state index contributed by atoms with van der Waals surface area (Å²) in [6, 6.07) is 23.4. The third kappa shape index (κ3) is 8.08. The minimum atomic E-state index is -4.10. The van der Waals surface area contributed by atoms with Gasteiger partial charge in [-0.1, -0.05) is 55.5 Å². The number of hydrogen-bond acceptors (Lipinski definition) is 5. The summed E-state index contributed by atoms with van der Waals surface area (Å²) in [7, 11) is -4.10. The molecule has 0 aliphatic rings. The Kier molecular flexibility index (Phi) is 11.1. The maximum absolute atomic E-state index is 13.9. The minimum Gasteiger partial charge on any atom is -0.494 e. The lowest BCUT2D eigenvalue weighted by Crippen LogP contribution is -2.53. The van der Waals surface area contributed by atoms with Crippen LogP contribution in [-0.4, -0.2) is 56.9 Å². The van der Waals surface area contributed by atoms with Crippen LogP contribution in [0.5, 0.6) is 5.75 Å². The number of hydrogen-bond donors (Lipinski definition) is 1. The second-order valence-electron chi connectivity index (χ2n) is 9.57. The second-order valence-corrected chi connectivity index (χ2v) is 11.4. The van der Waals surface area contributed by atoms with E-state index in [1.54, 1.807) is 49.4 Å². The Labute approximate surface area is 238 Å². The normalized spacial score (nSPS) is 12.7. The van der Waals surface area contributed by atoms with E-state index < -0.39 is 28.5 Å². The van der Waals surface area contributed by atoms with Crippen LogP contribution in [-0.2, 0) is 26.0 Å². The Hall–Kier alpha value is -3.85. The maximum atomic E-state index is 13.9. The molecule has 2 amide bonds. The fourth-order valence-electron chi connectivity index (χ4n) is 4.16. The van der Waals surface area contributed by atoms with Crippen molar-refractivity contribution in [1.29, 1.82) is 0 Å². The van der Waals surface area contributed by atoms with E-state index in [1.165, 1.54) is 17.0 Å². The number of nitrogens with zero attached hydrogens (tertiary/aromatic N) is 2. The molecule has 8 nitrogen and oxygen atoms in total. The summed E-state index contributed by atoms with van der Waals surface area (Å²) >= 11 is 0. The van der Waals surface area contributed by atoms with Gasteiger partial charge in [-0.2, -0.15) is 0 Å². The first-order valence-corrected chi connectivity index (χ1v) is 15.1. The van der Waals surface area contributed by atoms with Gasteiger partial charge in [0.25, 0.3) is 10.0 Å². The van der Waals surface area contributed by atoms with Gasteiger partial charge in [-0.3, -0.25) is 13.9 Å². The predicted octanol–water partition coefficient (Wildman–Crippen LogP) is 4.66. The highest BCUT2D eigenvalue weighted by Gasteiger charge is 2.32. The minimum absolute atomic E-state index is 0.0557. The van der Waals surface area contributed by atoms with Crippen LogP contribution in [0.15, 0.2) is 89.8 Å². The van der Waals surface area contributed by atoms with E-state index >= 15 is 0 Å². The molecule has 0 saturated heterocycles. The first kappa shape index (κ1) is 30.7. The smallest absolute Gasteiger partial charge is 0.264 e. The molecule has 40 heavy (non-hydrogen) atoms. The van der Waals surface area contributed by atoms with Crippen LogP contribution in [0.2, 0.25) is 0 Å². The topological polar surface area (TPSA) is 96.0 Å². The predicted molar refractivity (Wildman–Crippen MR) is 158 cm³/mol. The third-order valence-electron chi connectivity index (χ3n) is 6.70. The highest BCUT2D eigenvalue weighted by Crippen LogP contribution is 2.26. The van der Waals surface area contributed by atoms with Crippen LogP contribution in [0.25, 0.3) is 0 Å². The monoisotopic (exact) mass is 565 g/mol. The first-order chi connectivity index (χ1) is 19.2. The van der Waals surface area contributed by atoms with Gasteiger partial charge in [-0.05, 0) is 75.6 Å². The second kappa shape index (κ2) is 14.5. The first-order valence-electron chi connectivity index (χ1n) is 13.6. The third-order valence-corrected chi connectivity index (χ3v) is 8.49. The Bertz CT molecular complexity index is 1330. The molecule has 0 unspecified atom stereocenters. The number of carbonyl (C=O) groups excluding carboxylic acids is 2. The van der Waals surface area contributed by atoms with Crippen LogP contribution in [0.4, 0.5) is 5.69 Å². The molecule has 2 atom stereocenters. The highest BCUT2D eigenvalue weighted by molar-refractivity contribution is 7.92. The van der Waals surface area contributed by atoms with Crippen molar-refractivity contribution in [3.63, 3.8) is 0 Å². The Morgan fingerprint density at radius 3 is 2.05 bits per heavy atom. The van der Waals surface area contributed by atoms with E-state index in [0.717, 1.165) is 16.3 Å². The molecule has 0 aliphatic carbocycles.